The molecule has 0 bridgehead atoms. The van der Waals surface area contributed by atoms with Crippen molar-refractivity contribution in [1.82, 2.24) is 15.0 Å². The van der Waals surface area contributed by atoms with E-state index in [1.54, 1.807) is 0 Å². The summed E-state index contributed by atoms with van der Waals surface area (Å²) in [7, 11) is 0. The molecular formula is C46H31N3. The molecule has 1 aromatic heterocycles. The van der Waals surface area contributed by atoms with Crippen LogP contribution >= 0.6 is 0 Å². The van der Waals surface area contributed by atoms with Crippen LogP contribution in [-0.2, 0) is 5.41 Å². The molecule has 0 unspecified atom stereocenters. The van der Waals surface area contributed by atoms with E-state index in [2.05, 4.69) is 146 Å². The van der Waals surface area contributed by atoms with E-state index < -0.39 is 0 Å². The Balaban J connectivity index is 1.15. The fourth-order valence-electron chi connectivity index (χ4n) is 8.23. The number of nitrogens with zero attached hydrogens (tertiary/aromatic N) is 3. The third-order valence-electron chi connectivity index (χ3n) is 10.4. The van der Waals surface area contributed by atoms with Crippen LogP contribution < -0.4 is 0 Å². The molecule has 0 amide bonds. The lowest BCUT2D eigenvalue weighted by Crippen LogP contribution is -2.25. The second kappa shape index (κ2) is 10.9. The smallest absolute Gasteiger partial charge is 0.164 e. The molecule has 0 saturated heterocycles. The van der Waals surface area contributed by atoms with Crippen LogP contribution in [0, 0.1) is 0 Å². The molecular weight excluding hydrogens is 595 g/mol. The average molecular weight is 626 g/mol. The molecule has 0 radical (unpaired) electrons. The van der Waals surface area contributed by atoms with Crippen LogP contribution in [-0.4, -0.2) is 15.0 Å². The highest BCUT2D eigenvalue weighted by Gasteiger charge is 2.51. The monoisotopic (exact) mass is 625 g/mol. The molecule has 3 aliphatic rings. The maximum absolute atomic E-state index is 5.13. The molecule has 7 aromatic rings. The molecule has 0 atom stereocenters. The summed E-state index contributed by atoms with van der Waals surface area (Å²) in [6, 6.07) is 52.3. The third kappa shape index (κ3) is 4.19. The van der Waals surface area contributed by atoms with Crippen LogP contribution in [0.1, 0.15) is 40.7 Å². The van der Waals surface area contributed by atoms with Crippen molar-refractivity contribution < 1.29 is 0 Å². The SMILES string of the molecule is C1=CC(c2ccc(-c3nc(-c4ccccc4)nc(-c4ccc5c(c4)-c4ccccc4C54c5ccccc5-c5ccccc54)n3)cc2)=CCC1. The summed E-state index contributed by atoms with van der Waals surface area (Å²) in [5.74, 6) is 2.00. The molecule has 1 spiro atoms. The summed E-state index contributed by atoms with van der Waals surface area (Å²) in [5, 5.41) is 0. The maximum atomic E-state index is 5.13. The minimum absolute atomic E-state index is 0.373. The van der Waals surface area contributed by atoms with Gasteiger partial charge in [-0.1, -0.05) is 158 Å². The van der Waals surface area contributed by atoms with Crippen LogP contribution in [0.15, 0.2) is 164 Å². The number of fused-ring (bicyclic) bond motifs is 10. The Hall–Kier alpha value is -6.19. The van der Waals surface area contributed by atoms with Gasteiger partial charge in [0.15, 0.2) is 17.5 Å². The van der Waals surface area contributed by atoms with E-state index in [9.17, 15) is 0 Å². The molecule has 49 heavy (non-hydrogen) atoms. The van der Waals surface area contributed by atoms with Crippen LogP contribution in [0.4, 0.5) is 0 Å². The molecule has 3 nitrogen and oxygen atoms in total. The van der Waals surface area contributed by atoms with Crippen molar-refractivity contribution in [1.29, 1.82) is 0 Å². The van der Waals surface area contributed by atoms with Gasteiger partial charge in [0.1, 0.15) is 0 Å². The summed E-state index contributed by atoms with van der Waals surface area (Å²) in [6.45, 7) is 0. The summed E-state index contributed by atoms with van der Waals surface area (Å²) in [4.78, 5) is 15.2. The van der Waals surface area contributed by atoms with Gasteiger partial charge in [-0.25, -0.2) is 15.0 Å². The van der Waals surface area contributed by atoms with E-state index in [1.807, 2.05) is 18.2 Å². The fraction of sp³-hybridized carbons (Fsp3) is 0.0652. The predicted octanol–water partition coefficient (Wildman–Crippen LogP) is 10.9. The van der Waals surface area contributed by atoms with Gasteiger partial charge in [-0.3, -0.25) is 0 Å². The summed E-state index contributed by atoms with van der Waals surface area (Å²) < 4.78 is 0. The zero-order valence-corrected chi connectivity index (χ0v) is 26.8. The molecule has 1 heterocycles. The predicted molar refractivity (Wildman–Crippen MR) is 199 cm³/mol. The van der Waals surface area contributed by atoms with Crippen molar-refractivity contribution in [2.75, 3.05) is 0 Å². The van der Waals surface area contributed by atoms with Crippen molar-refractivity contribution >= 4 is 5.57 Å². The van der Waals surface area contributed by atoms with E-state index in [0.717, 1.165) is 29.5 Å². The number of hydrogen-bond donors (Lipinski definition) is 0. The lowest BCUT2D eigenvalue weighted by atomic mass is 9.70. The van der Waals surface area contributed by atoms with Crippen LogP contribution in [0.25, 0.3) is 62.0 Å². The van der Waals surface area contributed by atoms with Gasteiger partial charge in [0.2, 0.25) is 0 Å². The molecule has 0 saturated carbocycles. The third-order valence-corrected chi connectivity index (χ3v) is 10.4. The first-order chi connectivity index (χ1) is 24.3. The van der Waals surface area contributed by atoms with Crippen molar-refractivity contribution in [3.05, 3.63) is 192 Å². The largest absolute Gasteiger partial charge is 0.208 e. The summed E-state index contributed by atoms with van der Waals surface area (Å²) >= 11 is 0. The first kappa shape index (κ1) is 27.9. The molecule has 10 rings (SSSR count). The number of hydrogen-bond acceptors (Lipinski definition) is 3. The molecule has 6 aromatic carbocycles. The minimum atomic E-state index is -0.373. The second-order valence-corrected chi connectivity index (χ2v) is 13.0. The van der Waals surface area contributed by atoms with E-state index in [1.165, 1.54) is 55.6 Å². The van der Waals surface area contributed by atoms with Crippen LogP contribution in [0.5, 0.6) is 0 Å². The number of aromatic nitrogens is 3. The zero-order valence-electron chi connectivity index (χ0n) is 26.8. The van der Waals surface area contributed by atoms with Gasteiger partial charge in [-0.15, -0.1) is 0 Å². The highest BCUT2D eigenvalue weighted by Crippen LogP contribution is 2.62. The van der Waals surface area contributed by atoms with Gasteiger partial charge in [-0.2, -0.15) is 0 Å². The normalized spacial score (nSPS) is 14.6. The maximum Gasteiger partial charge on any atom is 0.164 e. The number of allylic oxidation sites excluding steroid dienone is 4. The summed E-state index contributed by atoms with van der Waals surface area (Å²) in [5.41, 5.74) is 15.4. The van der Waals surface area contributed by atoms with E-state index in [4.69, 9.17) is 15.0 Å². The van der Waals surface area contributed by atoms with Crippen LogP contribution in [0.2, 0.25) is 0 Å². The quantitative estimate of drug-likeness (QED) is 0.195. The minimum Gasteiger partial charge on any atom is -0.208 e. The van der Waals surface area contributed by atoms with Gasteiger partial charge in [-0.05, 0) is 74.6 Å². The van der Waals surface area contributed by atoms with Gasteiger partial charge in [0, 0.05) is 16.7 Å². The Labute approximate surface area is 286 Å². The molecule has 0 N–H and O–H groups in total. The molecule has 0 fully saturated rings. The van der Waals surface area contributed by atoms with Crippen LogP contribution in [0.3, 0.4) is 0 Å². The number of rotatable bonds is 4. The van der Waals surface area contributed by atoms with Gasteiger partial charge >= 0.3 is 0 Å². The van der Waals surface area contributed by atoms with E-state index in [-0.39, 0.29) is 5.41 Å². The molecule has 0 aliphatic heterocycles. The van der Waals surface area contributed by atoms with Crippen molar-refractivity contribution in [3.8, 4) is 56.4 Å². The van der Waals surface area contributed by atoms with Crippen molar-refractivity contribution in [2.45, 2.75) is 18.3 Å². The highest BCUT2D eigenvalue weighted by atomic mass is 15.0. The average Bonchev–Trinajstić information content (AvgIpc) is 3.65. The Bertz CT molecular complexity index is 2440. The molecule has 3 heteroatoms. The Morgan fingerprint density at radius 2 is 0.857 bits per heavy atom. The second-order valence-electron chi connectivity index (χ2n) is 13.0. The van der Waals surface area contributed by atoms with E-state index in [0.29, 0.717) is 17.5 Å². The van der Waals surface area contributed by atoms with Gasteiger partial charge in [0.05, 0.1) is 5.41 Å². The Morgan fingerprint density at radius 3 is 1.45 bits per heavy atom. The van der Waals surface area contributed by atoms with Crippen molar-refractivity contribution in [2.24, 2.45) is 0 Å². The Morgan fingerprint density at radius 1 is 0.388 bits per heavy atom. The molecule has 3 aliphatic carbocycles. The topological polar surface area (TPSA) is 38.7 Å². The standard InChI is InChI=1S/C46H31N3/c1-3-13-30(14-4-1)31-23-25-33(26-24-31)44-47-43(32-15-5-2-6-16-32)48-45(49-44)34-27-28-42-38(29-34)37-19-9-12-22-41(37)46(42)39-20-10-7-17-35(39)36-18-8-11-21-40(36)46/h2-3,5-29H,1,4H2. The lowest BCUT2D eigenvalue weighted by Gasteiger charge is -2.30. The zero-order chi connectivity index (χ0) is 32.4. The number of benzene rings is 6. The highest BCUT2D eigenvalue weighted by molar-refractivity contribution is 5.95. The van der Waals surface area contributed by atoms with E-state index >= 15 is 0 Å². The first-order valence-corrected chi connectivity index (χ1v) is 17.0. The Kier molecular flexibility index (Phi) is 6.22. The first-order valence-electron chi connectivity index (χ1n) is 17.0. The fourth-order valence-corrected chi connectivity index (χ4v) is 8.23. The summed E-state index contributed by atoms with van der Waals surface area (Å²) in [6.07, 6.45) is 8.95. The lowest BCUT2D eigenvalue weighted by molar-refractivity contribution is 0.794. The van der Waals surface area contributed by atoms with Gasteiger partial charge in [0.25, 0.3) is 0 Å². The van der Waals surface area contributed by atoms with Crippen molar-refractivity contribution in [3.63, 3.8) is 0 Å². The molecule has 230 valence electrons. The van der Waals surface area contributed by atoms with Gasteiger partial charge < -0.3 is 0 Å².